The van der Waals surface area contributed by atoms with Gasteiger partial charge in [-0.05, 0) is 34.9 Å². The zero-order valence-corrected chi connectivity index (χ0v) is 16.3. The number of pyridine rings is 1. The molecule has 0 radical (unpaired) electrons. The van der Waals surface area contributed by atoms with E-state index >= 15 is 0 Å². The summed E-state index contributed by atoms with van der Waals surface area (Å²) >= 11 is 5.95. The van der Waals surface area contributed by atoms with Crippen LogP contribution in [0.25, 0.3) is 22.3 Å². The lowest BCUT2D eigenvalue weighted by atomic mass is 9.95. The van der Waals surface area contributed by atoms with Crippen molar-refractivity contribution in [1.82, 2.24) is 14.8 Å². The Morgan fingerprint density at radius 2 is 1.63 bits per heavy atom. The van der Waals surface area contributed by atoms with E-state index in [2.05, 4.69) is 10.1 Å². The van der Waals surface area contributed by atoms with Crippen LogP contribution in [0.3, 0.4) is 0 Å². The topological polar surface area (TPSA) is 56.7 Å². The van der Waals surface area contributed by atoms with Gasteiger partial charge < -0.3 is 5.73 Å². The molecule has 4 nitrogen and oxygen atoms in total. The summed E-state index contributed by atoms with van der Waals surface area (Å²) in [6, 6.07) is 17.4. The van der Waals surface area contributed by atoms with Gasteiger partial charge in [-0.15, -0.1) is 0 Å². The molecule has 0 amide bonds. The van der Waals surface area contributed by atoms with Crippen LogP contribution in [0, 0.1) is 0 Å². The highest BCUT2D eigenvalue weighted by Crippen LogP contribution is 2.41. The molecule has 0 aliphatic rings. The van der Waals surface area contributed by atoms with Crippen molar-refractivity contribution in [3.63, 3.8) is 0 Å². The predicted octanol–water partition coefficient (Wildman–Crippen LogP) is 5.91. The molecule has 0 saturated carbocycles. The molecular formula is C22H16ClF3N4. The molecule has 30 heavy (non-hydrogen) atoms. The summed E-state index contributed by atoms with van der Waals surface area (Å²) in [5.74, 6) is 0.124. The average molecular weight is 429 g/mol. The first-order valence-corrected chi connectivity index (χ1v) is 9.40. The van der Waals surface area contributed by atoms with Crippen molar-refractivity contribution >= 4 is 17.4 Å². The van der Waals surface area contributed by atoms with Crippen LogP contribution in [-0.4, -0.2) is 14.8 Å². The lowest BCUT2D eigenvalue weighted by Crippen LogP contribution is -2.10. The van der Waals surface area contributed by atoms with Crippen LogP contribution < -0.4 is 5.73 Å². The lowest BCUT2D eigenvalue weighted by Gasteiger charge is -2.13. The molecule has 2 aromatic carbocycles. The van der Waals surface area contributed by atoms with Gasteiger partial charge >= 0.3 is 6.18 Å². The second-order valence-corrected chi connectivity index (χ2v) is 7.13. The van der Waals surface area contributed by atoms with Gasteiger partial charge in [-0.25, -0.2) is 4.98 Å². The maximum absolute atomic E-state index is 13.8. The highest BCUT2D eigenvalue weighted by atomic mass is 35.5. The molecule has 8 heteroatoms. The number of rotatable bonds is 4. The summed E-state index contributed by atoms with van der Waals surface area (Å²) in [6.07, 6.45) is -1.85. The Morgan fingerprint density at radius 1 is 0.933 bits per heavy atom. The summed E-state index contributed by atoms with van der Waals surface area (Å²) in [7, 11) is 0. The van der Waals surface area contributed by atoms with Crippen molar-refractivity contribution in [1.29, 1.82) is 0 Å². The Morgan fingerprint density at radius 3 is 2.30 bits per heavy atom. The molecule has 0 bridgehead atoms. The van der Waals surface area contributed by atoms with E-state index in [4.69, 9.17) is 17.3 Å². The highest BCUT2D eigenvalue weighted by molar-refractivity contribution is 6.30. The normalized spacial score (nSPS) is 11.6. The molecule has 0 aliphatic carbocycles. The van der Waals surface area contributed by atoms with Crippen molar-refractivity contribution < 1.29 is 13.2 Å². The monoisotopic (exact) mass is 428 g/mol. The van der Waals surface area contributed by atoms with Gasteiger partial charge in [0.25, 0.3) is 0 Å². The maximum atomic E-state index is 13.8. The van der Waals surface area contributed by atoms with Gasteiger partial charge in [-0.3, -0.25) is 4.68 Å². The minimum atomic E-state index is -4.63. The Bertz CT molecular complexity index is 1170. The van der Waals surface area contributed by atoms with Gasteiger partial charge in [0.1, 0.15) is 5.82 Å². The Balaban J connectivity index is 1.88. The summed E-state index contributed by atoms with van der Waals surface area (Å²) in [5, 5.41) is 4.35. The standard InChI is InChI=1S/C22H16ClF3N4/c23-16-8-6-15(7-9-16)19-17(10-11-28-21(19)27)18-13-30(29-20(18)22(24,25)26)12-14-4-2-1-3-5-14/h1-11,13H,12H2,(H2,27,28). The lowest BCUT2D eigenvalue weighted by molar-refractivity contribution is -0.141. The number of nitrogens with zero attached hydrogens (tertiary/aromatic N) is 3. The van der Waals surface area contributed by atoms with Gasteiger partial charge in [-0.1, -0.05) is 54.1 Å². The molecule has 0 saturated heterocycles. The quantitative estimate of drug-likeness (QED) is 0.439. The Labute approximate surface area is 175 Å². The number of benzene rings is 2. The third-order valence-corrected chi connectivity index (χ3v) is 4.87. The van der Waals surface area contributed by atoms with Crippen LogP contribution >= 0.6 is 11.6 Å². The zero-order chi connectivity index (χ0) is 21.3. The van der Waals surface area contributed by atoms with E-state index < -0.39 is 11.9 Å². The Kier molecular flexibility index (Phi) is 5.22. The molecule has 4 aromatic rings. The number of halogens is 4. The van der Waals surface area contributed by atoms with Crippen molar-refractivity contribution in [2.24, 2.45) is 0 Å². The van der Waals surface area contributed by atoms with Gasteiger partial charge in [0.05, 0.1) is 6.54 Å². The number of nitrogens with two attached hydrogens (primary N) is 1. The summed E-state index contributed by atoms with van der Waals surface area (Å²) in [6.45, 7) is 0.209. The molecule has 2 N–H and O–H groups in total. The van der Waals surface area contributed by atoms with Gasteiger partial charge in [0.2, 0.25) is 0 Å². The van der Waals surface area contributed by atoms with E-state index in [0.717, 1.165) is 5.56 Å². The highest BCUT2D eigenvalue weighted by Gasteiger charge is 2.38. The van der Waals surface area contributed by atoms with E-state index in [1.54, 1.807) is 24.3 Å². The van der Waals surface area contributed by atoms with Crippen LogP contribution in [-0.2, 0) is 12.7 Å². The van der Waals surface area contributed by atoms with Crippen molar-refractivity contribution in [2.75, 3.05) is 5.73 Å². The maximum Gasteiger partial charge on any atom is 0.435 e. The molecule has 152 valence electrons. The first kappa shape index (κ1) is 20.0. The molecule has 2 aromatic heterocycles. The van der Waals surface area contributed by atoms with E-state index in [9.17, 15) is 13.2 Å². The molecular weight excluding hydrogens is 413 g/mol. The molecule has 0 spiro atoms. The molecule has 2 heterocycles. The number of hydrogen-bond donors (Lipinski definition) is 1. The molecule has 0 fully saturated rings. The summed E-state index contributed by atoms with van der Waals surface area (Å²) < 4.78 is 42.8. The van der Waals surface area contributed by atoms with Crippen LogP contribution in [0.2, 0.25) is 5.02 Å². The number of aromatic nitrogens is 3. The van der Waals surface area contributed by atoms with Crippen LogP contribution in [0.15, 0.2) is 73.1 Å². The molecule has 0 unspecified atom stereocenters. The smallest absolute Gasteiger partial charge is 0.383 e. The van der Waals surface area contributed by atoms with E-state index in [1.807, 2.05) is 30.3 Å². The Hall–Kier alpha value is -3.32. The SMILES string of the molecule is Nc1nccc(-c2cn(Cc3ccccc3)nc2C(F)(F)F)c1-c1ccc(Cl)cc1. The first-order valence-electron chi connectivity index (χ1n) is 9.02. The first-order chi connectivity index (χ1) is 14.3. The minimum absolute atomic E-state index is 0.0579. The predicted molar refractivity (Wildman–Crippen MR) is 111 cm³/mol. The summed E-state index contributed by atoms with van der Waals surface area (Å²) in [4.78, 5) is 4.07. The van der Waals surface area contributed by atoms with E-state index in [-0.39, 0.29) is 17.9 Å². The molecule has 0 aliphatic heterocycles. The van der Waals surface area contributed by atoms with Crippen LogP contribution in [0.5, 0.6) is 0 Å². The average Bonchev–Trinajstić information content (AvgIpc) is 3.14. The largest absolute Gasteiger partial charge is 0.435 e. The number of hydrogen-bond acceptors (Lipinski definition) is 3. The van der Waals surface area contributed by atoms with Gasteiger partial charge in [0.15, 0.2) is 5.69 Å². The summed E-state index contributed by atoms with van der Waals surface area (Å²) in [5.41, 5.74) is 7.19. The number of anilines is 1. The van der Waals surface area contributed by atoms with Crippen molar-refractivity contribution in [3.8, 4) is 22.3 Å². The fraction of sp³-hybridized carbons (Fsp3) is 0.0909. The van der Waals surface area contributed by atoms with E-state index in [0.29, 0.717) is 21.7 Å². The fourth-order valence-electron chi connectivity index (χ4n) is 3.30. The third-order valence-electron chi connectivity index (χ3n) is 4.62. The number of alkyl halides is 3. The van der Waals surface area contributed by atoms with Crippen molar-refractivity contribution in [2.45, 2.75) is 12.7 Å². The molecule has 0 atom stereocenters. The second-order valence-electron chi connectivity index (χ2n) is 6.70. The van der Waals surface area contributed by atoms with Gasteiger partial charge in [0, 0.05) is 28.5 Å². The second kappa shape index (κ2) is 7.84. The minimum Gasteiger partial charge on any atom is -0.383 e. The van der Waals surface area contributed by atoms with Crippen LogP contribution in [0.4, 0.5) is 19.0 Å². The van der Waals surface area contributed by atoms with E-state index in [1.165, 1.54) is 23.1 Å². The van der Waals surface area contributed by atoms with Crippen LogP contribution in [0.1, 0.15) is 11.3 Å². The fourth-order valence-corrected chi connectivity index (χ4v) is 3.43. The third kappa shape index (κ3) is 4.02. The van der Waals surface area contributed by atoms with Gasteiger partial charge in [-0.2, -0.15) is 18.3 Å². The molecule has 4 rings (SSSR count). The van der Waals surface area contributed by atoms with Crippen molar-refractivity contribution in [3.05, 3.63) is 89.3 Å². The zero-order valence-electron chi connectivity index (χ0n) is 15.6. The number of nitrogen functional groups attached to an aromatic ring is 1.